The Morgan fingerprint density at radius 2 is 1.72 bits per heavy atom. The van der Waals surface area contributed by atoms with Crippen molar-refractivity contribution in [3.05, 3.63) is 58.1 Å². The van der Waals surface area contributed by atoms with E-state index in [-0.39, 0.29) is 11.9 Å². The van der Waals surface area contributed by atoms with Gasteiger partial charge in [0.15, 0.2) is 0 Å². The normalized spacial score (nSPS) is 12.1. The fourth-order valence-corrected chi connectivity index (χ4v) is 2.69. The molecule has 6 heteroatoms. The van der Waals surface area contributed by atoms with Crippen LogP contribution in [0.5, 0.6) is 0 Å². The lowest BCUT2D eigenvalue weighted by Gasteiger charge is -2.24. The molecule has 1 amide bonds. The summed E-state index contributed by atoms with van der Waals surface area (Å²) in [6.07, 6.45) is 0. The molecule has 0 aromatic heterocycles. The highest BCUT2D eigenvalue weighted by molar-refractivity contribution is 6.35. The first kappa shape index (κ1) is 19.6. The number of carbonyl (C=O) groups is 1. The van der Waals surface area contributed by atoms with Gasteiger partial charge in [-0.25, -0.2) is 0 Å². The third-order valence-corrected chi connectivity index (χ3v) is 4.68. The lowest BCUT2D eigenvalue weighted by atomic mass is 10.1. The van der Waals surface area contributed by atoms with Crippen LogP contribution in [0.3, 0.4) is 0 Å². The van der Waals surface area contributed by atoms with E-state index in [1.165, 1.54) is 0 Å². The number of anilines is 2. The number of likely N-dealkylation sites (N-methyl/N-ethyl adjacent to an activating group) is 1. The summed E-state index contributed by atoms with van der Waals surface area (Å²) >= 11 is 12.1. The van der Waals surface area contributed by atoms with Crippen molar-refractivity contribution in [1.82, 2.24) is 4.90 Å². The Kier molecular flexibility index (Phi) is 6.71. The zero-order valence-electron chi connectivity index (χ0n) is 14.9. The van der Waals surface area contributed by atoms with Crippen molar-refractivity contribution in [1.29, 1.82) is 0 Å². The van der Waals surface area contributed by atoms with Gasteiger partial charge < -0.3 is 10.2 Å². The molecule has 0 radical (unpaired) electrons. The minimum Gasteiger partial charge on any atom is -0.378 e. The number of nitrogens with zero attached hydrogens (tertiary/aromatic N) is 2. The molecule has 0 fully saturated rings. The second kappa shape index (κ2) is 8.56. The van der Waals surface area contributed by atoms with Gasteiger partial charge in [0, 0.05) is 31.4 Å². The van der Waals surface area contributed by atoms with E-state index in [9.17, 15) is 4.79 Å². The predicted octanol–water partition coefficient (Wildman–Crippen LogP) is 4.52. The summed E-state index contributed by atoms with van der Waals surface area (Å²) in [5.74, 6) is -0.128. The van der Waals surface area contributed by atoms with E-state index in [0.29, 0.717) is 22.3 Å². The first-order chi connectivity index (χ1) is 11.8. The second-order valence-electron chi connectivity index (χ2n) is 6.27. The van der Waals surface area contributed by atoms with Crippen LogP contribution in [0.25, 0.3) is 0 Å². The molecule has 0 bridgehead atoms. The highest BCUT2D eigenvalue weighted by atomic mass is 35.5. The van der Waals surface area contributed by atoms with Gasteiger partial charge in [-0.3, -0.25) is 9.69 Å². The van der Waals surface area contributed by atoms with Gasteiger partial charge in [-0.1, -0.05) is 35.3 Å². The van der Waals surface area contributed by atoms with E-state index in [2.05, 4.69) is 34.5 Å². The van der Waals surface area contributed by atoms with Crippen LogP contribution in [0.2, 0.25) is 10.0 Å². The fourth-order valence-electron chi connectivity index (χ4n) is 2.36. The second-order valence-corrected chi connectivity index (χ2v) is 7.11. The van der Waals surface area contributed by atoms with Crippen LogP contribution in [0.4, 0.5) is 11.4 Å². The van der Waals surface area contributed by atoms with Gasteiger partial charge in [-0.05, 0) is 49.9 Å². The summed E-state index contributed by atoms with van der Waals surface area (Å²) in [6.45, 7) is 2.54. The summed E-state index contributed by atoms with van der Waals surface area (Å²) in [5, 5.41) is 3.83. The Labute approximate surface area is 159 Å². The molecule has 2 aromatic rings. The number of amides is 1. The Hall–Kier alpha value is -1.75. The molecular weight excluding hydrogens is 357 g/mol. The van der Waals surface area contributed by atoms with Crippen LogP contribution in [-0.2, 0) is 11.3 Å². The van der Waals surface area contributed by atoms with Crippen molar-refractivity contribution >= 4 is 40.5 Å². The average Bonchev–Trinajstić information content (AvgIpc) is 2.57. The quantitative estimate of drug-likeness (QED) is 0.801. The number of hydrogen-bond acceptors (Lipinski definition) is 3. The van der Waals surface area contributed by atoms with Crippen LogP contribution >= 0.6 is 23.2 Å². The molecule has 0 unspecified atom stereocenters. The topological polar surface area (TPSA) is 35.6 Å². The van der Waals surface area contributed by atoms with Crippen LogP contribution < -0.4 is 10.2 Å². The van der Waals surface area contributed by atoms with Crippen molar-refractivity contribution in [3.63, 3.8) is 0 Å². The highest BCUT2D eigenvalue weighted by Crippen LogP contribution is 2.25. The number of carbonyl (C=O) groups excluding carboxylic acids is 1. The number of hydrogen-bond donors (Lipinski definition) is 1. The Bertz CT molecular complexity index is 732. The van der Waals surface area contributed by atoms with Gasteiger partial charge >= 0.3 is 0 Å². The molecule has 0 heterocycles. The third kappa shape index (κ3) is 5.36. The van der Waals surface area contributed by atoms with Gasteiger partial charge in [-0.15, -0.1) is 0 Å². The molecule has 134 valence electrons. The molecule has 2 rings (SSSR count). The third-order valence-electron chi connectivity index (χ3n) is 4.11. The van der Waals surface area contributed by atoms with Gasteiger partial charge in [0.2, 0.25) is 5.91 Å². The van der Waals surface area contributed by atoms with Gasteiger partial charge in [0.05, 0.1) is 16.8 Å². The van der Waals surface area contributed by atoms with Crippen molar-refractivity contribution in [2.24, 2.45) is 0 Å². The van der Waals surface area contributed by atoms with Crippen LogP contribution in [0.15, 0.2) is 42.5 Å². The maximum absolute atomic E-state index is 12.5. The molecule has 0 spiro atoms. The molecule has 0 aliphatic heterocycles. The van der Waals surface area contributed by atoms with E-state index in [4.69, 9.17) is 23.2 Å². The molecule has 1 atom stereocenters. The summed E-state index contributed by atoms with van der Waals surface area (Å²) in [5.41, 5.74) is 2.82. The van der Waals surface area contributed by atoms with Gasteiger partial charge in [0.25, 0.3) is 0 Å². The summed E-state index contributed by atoms with van der Waals surface area (Å²) in [6, 6.07) is 13.0. The maximum atomic E-state index is 12.5. The van der Waals surface area contributed by atoms with Crippen molar-refractivity contribution < 1.29 is 4.79 Å². The highest BCUT2D eigenvalue weighted by Gasteiger charge is 2.19. The first-order valence-electron chi connectivity index (χ1n) is 8.00. The van der Waals surface area contributed by atoms with Crippen molar-refractivity contribution in [2.75, 3.05) is 31.4 Å². The summed E-state index contributed by atoms with van der Waals surface area (Å²) in [7, 11) is 5.94. The largest absolute Gasteiger partial charge is 0.378 e. The molecular formula is C19H23Cl2N3O. The molecule has 0 saturated heterocycles. The minimum atomic E-state index is -0.316. The zero-order chi connectivity index (χ0) is 18.6. The zero-order valence-corrected chi connectivity index (χ0v) is 16.4. The number of benzene rings is 2. The number of nitrogens with one attached hydrogen (secondary N) is 1. The minimum absolute atomic E-state index is 0.128. The van der Waals surface area contributed by atoms with Crippen LogP contribution in [0.1, 0.15) is 12.5 Å². The van der Waals surface area contributed by atoms with Gasteiger partial charge in [-0.2, -0.15) is 0 Å². The monoisotopic (exact) mass is 379 g/mol. The Balaban J connectivity index is 1.99. The standard InChI is InChI=1S/C19H23Cl2N3O/c1-13(19(25)22-18-11-15(20)7-10-17(18)21)24(4)12-14-5-8-16(9-6-14)23(2)3/h5-11,13H,12H2,1-4H3,(H,22,25)/t13-/m0/s1. The Morgan fingerprint density at radius 1 is 1.08 bits per heavy atom. The van der Waals surface area contributed by atoms with Gasteiger partial charge in [0.1, 0.15) is 0 Å². The molecule has 2 aromatic carbocycles. The molecule has 0 aliphatic rings. The lowest BCUT2D eigenvalue weighted by Crippen LogP contribution is -2.39. The van der Waals surface area contributed by atoms with E-state index in [1.807, 2.05) is 33.0 Å². The van der Waals surface area contributed by atoms with Crippen LogP contribution in [0, 0.1) is 0 Å². The Morgan fingerprint density at radius 3 is 2.32 bits per heavy atom. The smallest absolute Gasteiger partial charge is 0.241 e. The van der Waals surface area contributed by atoms with Crippen molar-refractivity contribution in [2.45, 2.75) is 19.5 Å². The van der Waals surface area contributed by atoms with Crippen molar-refractivity contribution in [3.8, 4) is 0 Å². The lowest BCUT2D eigenvalue weighted by molar-refractivity contribution is -0.120. The molecule has 4 nitrogen and oxygen atoms in total. The average molecular weight is 380 g/mol. The molecule has 25 heavy (non-hydrogen) atoms. The van der Waals surface area contributed by atoms with E-state index in [1.54, 1.807) is 18.2 Å². The maximum Gasteiger partial charge on any atom is 0.241 e. The SMILES string of the molecule is C[C@@H](C(=O)Nc1cc(Cl)ccc1Cl)N(C)Cc1ccc(N(C)C)cc1. The summed E-state index contributed by atoms with van der Waals surface area (Å²) < 4.78 is 0. The molecule has 0 aliphatic carbocycles. The van der Waals surface area contributed by atoms with E-state index < -0.39 is 0 Å². The molecule has 1 N–H and O–H groups in total. The first-order valence-corrected chi connectivity index (χ1v) is 8.76. The number of rotatable bonds is 6. The van der Waals surface area contributed by atoms with E-state index in [0.717, 1.165) is 11.3 Å². The summed E-state index contributed by atoms with van der Waals surface area (Å²) in [4.78, 5) is 16.5. The van der Waals surface area contributed by atoms with Crippen LogP contribution in [-0.4, -0.2) is 38.0 Å². The van der Waals surface area contributed by atoms with E-state index >= 15 is 0 Å². The number of halogens is 2. The fraction of sp³-hybridized carbons (Fsp3) is 0.316. The molecule has 0 saturated carbocycles. The predicted molar refractivity (Wildman–Crippen MR) is 107 cm³/mol.